The number of thioether (sulfide) groups is 1. The molecule has 1 saturated carbocycles. The average molecular weight is 329 g/mol. The van der Waals surface area contributed by atoms with E-state index in [9.17, 15) is 4.79 Å². The van der Waals surface area contributed by atoms with Crippen molar-refractivity contribution in [3.63, 3.8) is 0 Å². The number of rotatable bonds is 6. The molecule has 0 spiro atoms. The first-order valence-electron chi connectivity index (χ1n) is 7.45. The maximum absolute atomic E-state index is 12.4. The van der Waals surface area contributed by atoms with Gasteiger partial charge in [0, 0.05) is 24.9 Å². The summed E-state index contributed by atoms with van der Waals surface area (Å²) in [4.78, 5) is 19.2. The Labute approximate surface area is 134 Å². The number of amides is 1. The molecule has 118 valence electrons. The molecular weight excluding hydrogens is 304 g/mol. The highest BCUT2D eigenvalue weighted by Crippen LogP contribution is 2.31. The summed E-state index contributed by atoms with van der Waals surface area (Å²) in [6, 6.07) is 0.274. The highest BCUT2D eigenvalue weighted by Gasteiger charge is 2.27. The van der Waals surface area contributed by atoms with Gasteiger partial charge in [-0.25, -0.2) is 4.98 Å². The van der Waals surface area contributed by atoms with Gasteiger partial charge in [-0.3, -0.25) is 4.79 Å². The summed E-state index contributed by atoms with van der Waals surface area (Å²) in [5, 5.41) is 4.59. The molecule has 21 heavy (non-hydrogen) atoms. The van der Waals surface area contributed by atoms with Crippen LogP contribution in [0.3, 0.4) is 0 Å². The van der Waals surface area contributed by atoms with Crippen molar-refractivity contribution in [3.8, 4) is 0 Å². The summed E-state index contributed by atoms with van der Waals surface area (Å²) in [6.07, 6.45) is 3.31. The van der Waals surface area contributed by atoms with E-state index >= 15 is 0 Å². The van der Waals surface area contributed by atoms with Gasteiger partial charge in [-0.1, -0.05) is 18.3 Å². The van der Waals surface area contributed by atoms with Crippen molar-refractivity contribution in [2.45, 2.75) is 44.4 Å². The maximum Gasteiger partial charge on any atom is 0.265 e. The van der Waals surface area contributed by atoms with E-state index in [4.69, 9.17) is 5.73 Å². The quantitative estimate of drug-likeness (QED) is 0.840. The minimum atomic E-state index is -0.0760. The number of aromatic nitrogens is 1. The van der Waals surface area contributed by atoms with Crippen molar-refractivity contribution in [1.29, 1.82) is 0 Å². The predicted octanol–water partition coefficient (Wildman–Crippen LogP) is 2.59. The number of hydrogen-bond donors (Lipinski definition) is 2. The van der Waals surface area contributed by atoms with Crippen LogP contribution in [0.1, 0.15) is 42.8 Å². The lowest BCUT2D eigenvalue weighted by Gasteiger charge is -2.12. The third kappa shape index (κ3) is 4.03. The Morgan fingerprint density at radius 1 is 1.52 bits per heavy atom. The van der Waals surface area contributed by atoms with E-state index in [1.807, 2.05) is 30.6 Å². The van der Waals surface area contributed by atoms with Crippen LogP contribution in [0.5, 0.6) is 0 Å². The maximum atomic E-state index is 12.4. The molecule has 1 aromatic heterocycles. The Hall–Kier alpha value is -0.950. The van der Waals surface area contributed by atoms with Crippen molar-refractivity contribution in [2.75, 3.05) is 30.0 Å². The van der Waals surface area contributed by atoms with E-state index < -0.39 is 0 Å². The molecule has 1 fully saturated rings. The molecule has 0 bridgehead atoms. The van der Waals surface area contributed by atoms with Gasteiger partial charge in [0.25, 0.3) is 5.91 Å². The standard InChI is InChI=1S/C14H24N4OS2/c1-4-18(3)14-17-12(15)11(21-14)13(19)16-9-6-7-10(8-9)20-5-2/h9-10H,4-8,15H2,1-3H3,(H,16,19). The fraction of sp³-hybridized carbons (Fsp3) is 0.714. The molecule has 1 amide bonds. The molecule has 2 unspecified atom stereocenters. The van der Waals surface area contributed by atoms with Gasteiger partial charge in [-0.05, 0) is 31.9 Å². The highest BCUT2D eigenvalue weighted by atomic mass is 32.2. The summed E-state index contributed by atoms with van der Waals surface area (Å²) in [5.41, 5.74) is 5.89. The minimum Gasteiger partial charge on any atom is -0.382 e. The number of nitrogens with one attached hydrogen (secondary N) is 1. The molecule has 7 heteroatoms. The molecule has 1 heterocycles. The van der Waals surface area contributed by atoms with Gasteiger partial charge in [0.15, 0.2) is 5.13 Å². The smallest absolute Gasteiger partial charge is 0.265 e. The summed E-state index contributed by atoms with van der Waals surface area (Å²) in [6.45, 7) is 5.06. The van der Waals surface area contributed by atoms with Gasteiger partial charge >= 0.3 is 0 Å². The normalized spacial score (nSPS) is 21.5. The van der Waals surface area contributed by atoms with E-state index in [0.29, 0.717) is 15.9 Å². The molecule has 0 aromatic carbocycles. The van der Waals surface area contributed by atoms with E-state index in [1.54, 1.807) is 0 Å². The monoisotopic (exact) mass is 328 g/mol. The zero-order valence-corrected chi connectivity index (χ0v) is 14.5. The fourth-order valence-electron chi connectivity index (χ4n) is 2.49. The van der Waals surface area contributed by atoms with Crippen molar-refractivity contribution in [2.24, 2.45) is 0 Å². The van der Waals surface area contributed by atoms with Crippen molar-refractivity contribution < 1.29 is 4.79 Å². The number of carbonyl (C=O) groups is 1. The first-order chi connectivity index (χ1) is 10.0. The van der Waals surface area contributed by atoms with E-state index in [-0.39, 0.29) is 11.9 Å². The highest BCUT2D eigenvalue weighted by molar-refractivity contribution is 7.99. The number of nitrogens with two attached hydrogens (primary N) is 1. The summed E-state index contributed by atoms with van der Waals surface area (Å²) in [5.74, 6) is 1.40. The first kappa shape index (κ1) is 16.4. The van der Waals surface area contributed by atoms with Gasteiger partial charge in [0.1, 0.15) is 10.7 Å². The Morgan fingerprint density at radius 2 is 2.29 bits per heavy atom. The van der Waals surface area contributed by atoms with Crippen LogP contribution < -0.4 is 16.0 Å². The minimum absolute atomic E-state index is 0.0760. The molecule has 2 rings (SSSR count). The molecule has 0 radical (unpaired) electrons. The number of hydrogen-bond acceptors (Lipinski definition) is 6. The number of nitrogens with zero attached hydrogens (tertiary/aromatic N) is 2. The number of nitrogen functional groups attached to an aromatic ring is 1. The van der Waals surface area contributed by atoms with Crippen LogP contribution >= 0.6 is 23.1 Å². The van der Waals surface area contributed by atoms with Crippen LogP contribution in [-0.2, 0) is 0 Å². The molecule has 1 aliphatic carbocycles. The first-order valence-corrected chi connectivity index (χ1v) is 9.31. The van der Waals surface area contributed by atoms with E-state index in [0.717, 1.165) is 30.3 Å². The molecule has 1 aromatic rings. The molecule has 2 atom stereocenters. The van der Waals surface area contributed by atoms with Gasteiger partial charge in [0.2, 0.25) is 0 Å². The molecule has 0 saturated heterocycles. The van der Waals surface area contributed by atoms with Gasteiger partial charge in [-0.2, -0.15) is 11.8 Å². The second-order valence-corrected chi connectivity index (χ2v) is 7.84. The lowest BCUT2D eigenvalue weighted by molar-refractivity contribution is 0.0943. The van der Waals surface area contributed by atoms with Crippen molar-refractivity contribution in [1.82, 2.24) is 10.3 Å². The predicted molar refractivity (Wildman–Crippen MR) is 92.5 cm³/mol. The lowest BCUT2D eigenvalue weighted by Crippen LogP contribution is -2.33. The number of carbonyl (C=O) groups excluding carboxylic acids is 1. The third-order valence-corrected chi connectivity index (χ3v) is 6.19. The van der Waals surface area contributed by atoms with Crippen molar-refractivity contribution >= 4 is 40.0 Å². The molecule has 3 N–H and O–H groups in total. The molecule has 0 aliphatic heterocycles. The van der Waals surface area contributed by atoms with Crippen LogP contribution in [0.4, 0.5) is 10.9 Å². The van der Waals surface area contributed by atoms with Gasteiger partial charge in [-0.15, -0.1) is 0 Å². The summed E-state index contributed by atoms with van der Waals surface area (Å²) in [7, 11) is 1.95. The van der Waals surface area contributed by atoms with Crippen LogP contribution in [0.15, 0.2) is 0 Å². The lowest BCUT2D eigenvalue weighted by atomic mass is 10.2. The molecule has 5 nitrogen and oxygen atoms in total. The summed E-state index contributed by atoms with van der Waals surface area (Å²) >= 11 is 3.35. The fourth-order valence-corrected chi connectivity index (χ4v) is 4.55. The van der Waals surface area contributed by atoms with Crippen LogP contribution in [0.2, 0.25) is 0 Å². The Bertz CT molecular complexity index is 491. The zero-order chi connectivity index (χ0) is 15.4. The van der Waals surface area contributed by atoms with Gasteiger partial charge < -0.3 is 16.0 Å². The Morgan fingerprint density at radius 3 is 2.95 bits per heavy atom. The van der Waals surface area contributed by atoms with Crippen LogP contribution in [0, 0.1) is 0 Å². The van der Waals surface area contributed by atoms with Crippen LogP contribution in [-0.4, -0.2) is 41.5 Å². The van der Waals surface area contributed by atoms with E-state index in [2.05, 4.69) is 17.2 Å². The van der Waals surface area contributed by atoms with E-state index in [1.165, 1.54) is 17.8 Å². The summed E-state index contributed by atoms with van der Waals surface area (Å²) < 4.78 is 0. The topological polar surface area (TPSA) is 71.2 Å². The average Bonchev–Trinajstić information content (AvgIpc) is 3.05. The third-order valence-electron chi connectivity index (χ3n) is 3.77. The number of anilines is 2. The number of thiazole rings is 1. The van der Waals surface area contributed by atoms with Gasteiger partial charge in [0.05, 0.1) is 0 Å². The second-order valence-electron chi connectivity index (χ2n) is 5.29. The largest absolute Gasteiger partial charge is 0.382 e. The zero-order valence-electron chi connectivity index (χ0n) is 12.9. The Balaban J connectivity index is 1.96. The Kier molecular flexibility index (Phi) is 5.75. The van der Waals surface area contributed by atoms with Crippen molar-refractivity contribution in [3.05, 3.63) is 4.88 Å². The van der Waals surface area contributed by atoms with Crippen LogP contribution in [0.25, 0.3) is 0 Å². The SMILES string of the molecule is CCSC1CCC(NC(=O)c2sc(N(C)CC)nc2N)C1. The molecule has 1 aliphatic rings. The molecular formula is C14H24N4OS2. The second kappa shape index (κ2) is 7.35.